The van der Waals surface area contributed by atoms with E-state index in [2.05, 4.69) is 15.5 Å². The van der Waals surface area contributed by atoms with E-state index in [0.29, 0.717) is 0 Å². The minimum absolute atomic E-state index is 0.731. The van der Waals surface area contributed by atoms with Crippen LogP contribution < -0.4 is 11.1 Å². The molecule has 1 heterocycles. The van der Waals surface area contributed by atoms with Crippen molar-refractivity contribution in [2.45, 2.75) is 6.92 Å². The number of nitrogens with two attached hydrogens (primary N) is 1. The maximum atomic E-state index is 5.78. The van der Waals surface area contributed by atoms with Gasteiger partial charge in [-0.15, -0.1) is 10.2 Å². The van der Waals surface area contributed by atoms with E-state index in [-0.39, 0.29) is 0 Å². The Bertz CT molecular complexity index is 515. The highest BCUT2D eigenvalue weighted by molar-refractivity contribution is 5.66. The largest absolute Gasteiger partial charge is 0.399 e. The first-order valence-electron chi connectivity index (χ1n) is 5.07. The van der Waals surface area contributed by atoms with Crippen LogP contribution in [0.25, 0.3) is 11.4 Å². The first-order chi connectivity index (χ1) is 7.63. The number of nitrogens with one attached hydrogen (secondary N) is 1. The minimum atomic E-state index is 0.731. The summed E-state index contributed by atoms with van der Waals surface area (Å²) in [5.74, 6) is 1.55. The van der Waals surface area contributed by atoms with Gasteiger partial charge in [0.15, 0.2) is 5.82 Å². The molecule has 1 aromatic carbocycles. The van der Waals surface area contributed by atoms with Gasteiger partial charge in [-0.1, -0.05) is 6.07 Å². The molecule has 3 N–H and O–H groups in total. The van der Waals surface area contributed by atoms with E-state index in [9.17, 15) is 0 Å². The van der Waals surface area contributed by atoms with Crippen molar-refractivity contribution in [3.8, 4) is 11.4 Å². The summed E-state index contributed by atoms with van der Waals surface area (Å²) in [6.07, 6.45) is 0. The van der Waals surface area contributed by atoms with Gasteiger partial charge in [0.1, 0.15) is 0 Å². The summed E-state index contributed by atoms with van der Waals surface area (Å²) in [6, 6.07) is 5.78. The highest BCUT2D eigenvalue weighted by atomic mass is 15.3. The maximum Gasteiger partial charge on any atom is 0.224 e. The van der Waals surface area contributed by atoms with Crippen LogP contribution in [0, 0.1) is 6.92 Å². The third kappa shape index (κ3) is 1.60. The molecule has 0 atom stereocenters. The third-order valence-corrected chi connectivity index (χ3v) is 2.60. The Kier molecular flexibility index (Phi) is 2.52. The van der Waals surface area contributed by atoms with Crippen molar-refractivity contribution in [3.05, 3.63) is 23.8 Å². The zero-order valence-corrected chi connectivity index (χ0v) is 9.65. The van der Waals surface area contributed by atoms with E-state index in [1.54, 1.807) is 0 Å². The fourth-order valence-corrected chi connectivity index (χ4v) is 1.66. The molecule has 5 heteroatoms. The Morgan fingerprint density at radius 1 is 1.31 bits per heavy atom. The molecule has 84 valence electrons. The predicted molar refractivity (Wildman–Crippen MR) is 65.1 cm³/mol. The Hall–Kier alpha value is -2.04. The summed E-state index contributed by atoms with van der Waals surface area (Å²) in [5, 5.41) is 11.2. The number of aryl methyl sites for hydroxylation is 1. The fourth-order valence-electron chi connectivity index (χ4n) is 1.66. The van der Waals surface area contributed by atoms with E-state index in [1.165, 1.54) is 0 Å². The number of hydrogen-bond acceptors (Lipinski definition) is 4. The maximum absolute atomic E-state index is 5.78. The second kappa shape index (κ2) is 3.84. The van der Waals surface area contributed by atoms with Crippen molar-refractivity contribution in [2.75, 3.05) is 18.1 Å². The molecule has 0 fully saturated rings. The molecule has 0 spiro atoms. The monoisotopic (exact) mass is 217 g/mol. The van der Waals surface area contributed by atoms with Crippen molar-refractivity contribution in [2.24, 2.45) is 7.05 Å². The Morgan fingerprint density at radius 2 is 2.06 bits per heavy atom. The molecule has 1 aromatic heterocycles. The van der Waals surface area contributed by atoms with Crippen LogP contribution in [-0.4, -0.2) is 21.8 Å². The smallest absolute Gasteiger partial charge is 0.224 e. The zero-order chi connectivity index (χ0) is 11.7. The Balaban J connectivity index is 2.58. The topological polar surface area (TPSA) is 68.8 Å². The SMILES string of the molecule is CNc1nnc(-c2cc(N)ccc2C)n1C. The Morgan fingerprint density at radius 3 is 2.69 bits per heavy atom. The second-order valence-corrected chi connectivity index (χ2v) is 3.73. The molecule has 2 rings (SSSR count). The van der Waals surface area contributed by atoms with Crippen LogP contribution in [-0.2, 0) is 7.05 Å². The van der Waals surface area contributed by atoms with Gasteiger partial charge in [0.2, 0.25) is 5.95 Å². The minimum Gasteiger partial charge on any atom is -0.399 e. The molecule has 0 radical (unpaired) electrons. The van der Waals surface area contributed by atoms with Crippen molar-refractivity contribution in [1.82, 2.24) is 14.8 Å². The average molecular weight is 217 g/mol. The summed E-state index contributed by atoms with van der Waals surface area (Å²) in [4.78, 5) is 0. The van der Waals surface area contributed by atoms with Gasteiger partial charge in [-0.2, -0.15) is 0 Å². The lowest BCUT2D eigenvalue weighted by Gasteiger charge is -2.07. The zero-order valence-electron chi connectivity index (χ0n) is 9.65. The van der Waals surface area contributed by atoms with Crippen LogP contribution in [0.4, 0.5) is 11.6 Å². The van der Waals surface area contributed by atoms with Crippen molar-refractivity contribution < 1.29 is 0 Å². The lowest BCUT2D eigenvalue weighted by atomic mass is 10.1. The molecule has 0 aliphatic rings. The molecule has 0 unspecified atom stereocenters. The van der Waals surface area contributed by atoms with Gasteiger partial charge in [-0.25, -0.2) is 0 Å². The number of anilines is 2. The van der Waals surface area contributed by atoms with Crippen LogP contribution in [0.5, 0.6) is 0 Å². The molecule has 0 bridgehead atoms. The molecule has 0 aliphatic heterocycles. The fraction of sp³-hybridized carbons (Fsp3) is 0.273. The molecule has 0 aliphatic carbocycles. The second-order valence-electron chi connectivity index (χ2n) is 3.73. The molecular formula is C11H15N5. The molecular weight excluding hydrogens is 202 g/mol. The standard InChI is InChI=1S/C11H15N5/c1-7-4-5-8(12)6-9(7)10-14-15-11(13-2)16(10)3/h4-6H,12H2,1-3H3,(H,13,15). The van der Waals surface area contributed by atoms with Gasteiger partial charge >= 0.3 is 0 Å². The highest BCUT2D eigenvalue weighted by Gasteiger charge is 2.11. The Labute approximate surface area is 94.3 Å². The number of nitrogens with zero attached hydrogens (tertiary/aromatic N) is 3. The van der Waals surface area contributed by atoms with Gasteiger partial charge in [0.05, 0.1) is 0 Å². The summed E-state index contributed by atoms with van der Waals surface area (Å²) in [7, 11) is 3.74. The number of benzene rings is 1. The molecule has 5 nitrogen and oxygen atoms in total. The van der Waals surface area contributed by atoms with Crippen molar-refractivity contribution >= 4 is 11.6 Å². The molecule has 0 saturated carbocycles. The van der Waals surface area contributed by atoms with E-state index in [0.717, 1.165) is 28.6 Å². The lowest BCUT2D eigenvalue weighted by Crippen LogP contribution is -2.00. The van der Waals surface area contributed by atoms with Gasteiger partial charge in [-0.3, -0.25) is 4.57 Å². The lowest BCUT2D eigenvalue weighted by molar-refractivity contribution is 0.924. The number of rotatable bonds is 2. The summed E-state index contributed by atoms with van der Waals surface area (Å²) >= 11 is 0. The van der Waals surface area contributed by atoms with Crippen molar-refractivity contribution in [3.63, 3.8) is 0 Å². The van der Waals surface area contributed by atoms with Crippen LogP contribution in [0.1, 0.15) is 5.56 Å². The molecule has 2 aromatic rings. The van der Waals surface area contributed by atoms with Crippen LogP contribution in [0.3, 0.4) is 0 Å². The summed E-state index contributed by atoms with van der Waals surface area (Å²) < 4.78 is 1.90. The van der Waals surface area contributed by atoms with Gasteiger partial charge < -0.3 is 11.1 Å². The van der Waals surface area contributed by atoms with E-state index in [1.807, 2.05) is 43.8 Å². The first-order valence-corrected chi connectivity index (χ1v) is 5.07. The van der Waals surface area contributed by atoms with Crippen LogP contribution in [0.2, 0.25) is 0 Å². The van der Waals surface area contributed by atoms with E-state index >= 15 is 0 Å². The normalized spacial score (nSPS) is 10.4. The quantitative estimate of drug-likeness (QED) is 0.746. The van der Waals surface area contributed by atoms with Gasteiger partial charge in [-0.05, 0) is 24.6 Å². The summed E-state index contributed by atoms with van der Waals surface area (Å²) in [5.41, 5.74) is 8.65. The van der Waals surface area contributed by atoms with Gasteiger partial charge in [0, 0.05) is 25.3 Å². The molecule has 0 saturated heterocycles. The van der Waals surface area contributed by atoms with Crippen LogP contribution in [0.15, 0.2) is 18.2 Å². The van der Waals surface area contributed by atoms with E-state index in [4.69, 9.17) is 5.73 Å². The van der Waals surface area contributed by atoms with Crippen molar-refractivity contribution in [1.29, 1.82) is 0 Å². The first kappa shape index (κ1) is 10.5. The predicted octanol–water partition coefficient (Wildman–Crippen LogP) is 1.41. The average Bonchev–Trinajstić information content (AvgIpc) is 2.63. The summed E-state index contributed by atoms with van der Waals surface area (Å²) in [6.45, 7) is 2.03. The molecule has 0 amide bonds. The van der Waals surface area contributed by atoms with Crippen LogP contribution >= 0.6 is 0 Å². The number of nitrogen functional groups attached to an aromatic ring is 1. The highest BCUT2D eigenvalue weighted by Crippen LogP contribution is 2.24. The van der Waals surface area contributed by atoms with Gasteiger partial charge in [0.25, 0.3) is 0 Å². The van der Waals surface area contributed by atoms with E-state index < -0.39 is 0 Å². The number of aromatic nitrogens is 3. The molecule has 16 heavy (non-hydrogen) atoms. The third-order valence-electron chi connectivity index (χ3n) is 2.60. The number of hydrogen-bond donors (Lipinski definition) is 2.